The van der Waals surface area contributed by atoms with Gasteiger partial charge in [0.1, 0.15) is 5.54 Å². The standard InChI is InChI=1S/C12H22N4O/c1-5-6-15-12(4,11(13)17)7-16-8-14-9(2)10(16)3/h8,15H,5-7H2,1-4H3,(H2,13,17). The molecular formula is C12H22N4O. The van der Waals surface area contributed by atoms with E-state index in [0.29, 0.717) is 6.54 Å². The van der Waals surface area contributed by atoms with E-state index in [1.807, 2.05) is 25.3 Å². The highest BCUT2D eigenvalue weighted by atomic mass is 16.1. The van der Waals surface area contributed by atoms with Crippen molar-refractivity contribution in [1.82, 2.24) is 14.9 Å². The molecule has 0 aromatic carbocycles. The molecule has 1 aromatic rings. The van der Waals surface area contributed by atoms with Crippen LogP contribution in [0.2, 0.25) is 0 Å². The number of carbonyl (C=O) groups excluding carboxylic acids is 1. The van der Waals surface area contributed by atoms with Crippen LogP contribution in [0.4, 0.5) is 0 Å². The first-order chi connectivity index (χ1) is 7.90. The fourth-order valence-corrected chi connectivity index (χ4v) is 1.67. The lowest BCUT2D eigenvalue weighted by Gasteiger charge is -2.28. The summed E-state index contributed by atoms with van der Waals surface area (Å²) in [6.45, 7) is 9.11. The van der Waals surface area contributed by atoms with E-state index in [1.165, 1.54) is 0 Å². The highest BCUT2D eigenvalue weighted by Crippen LogP contribution is 2.12. The van der Waals surface area contributed by atoms with Gasteiger partial charge in [-0.05, 0) is 33.7 Å². The van der Waals surface area contributed by atoms with E-state index in [2.05, 4.69) is 17.2 Å². The molecule has 0 radical (unpaired) electrons. The molecule has 0 saturated carbocycles. The number of hydrogen-bond acceptors (Lipinski definition) is 3. The first kappa shape index (κ1) is 13.7. The topological polar surface area (TPSA) is 72.9 Å². The van der Waals surface area contributed by atoms with Gasteiger partial charge in [0, 0.05) is 5.69 Å². The minimum absolute atomic E-state index is 0.336. The summed E-state index contributed by atoms with van der Waals surface area (Å²) >= 11 is 0. The third-order valence-electron chi connectivity index (χ3n) is 3.14. The number of nitrogens with two attached hydrogens (primary N) is 1. The Labute approximate surface area is 102 Å². The molecule has 0 saturated heterocycles. The van der Waals surface area contributed by atoms with E-state index >= 15 is 0 Å². The number of nitrogens with one attached hydrogen (secondary N) is 1. The number of hydrogen-bond donors (Lipinski definition) is 2. The maximum Gasteiger partial charge on any atom is 0.239 e. The zero-order valence-electron chi connectivity index (χ0n) is 11.1. The summed E-state index contributed by atoms with van der Waals surface area (Å²) in [5.74, 6) is -0.336. The first-order valence-electron chi connectivity index (χ1n) is 5.94. The van der Waals surface area contributed by atoms with Crippen molar-refractivity contribution in [3.63, 3.8) is 0 Å². The number of imidazole rings is 1. The van der Waals surface area contributed by atoms with E-state index in [4.69, 9.17) is 5.73 Å². The van der Waals surface area contributed by atoms with Crippen molar-refractivity contribution in [2.75, 3.05) is 6.54 Å². The van der Waals surface area contributed by atoms with Crippen LogP contribution in [0.1, 0.15) is 31.7 Å². The lowest BCUT2D eigenvalue weighted by atomic mass is 10.0. The molecule has 3 N–H and O–H groups in total. The van der Waals surface area contributed by atoms with Crippen LogP contribution in [-0.4, -0.2) is 27.5 Å². The average Bonchev–Trinajstić information content (AvgIpc) is 2.58. The molecule has 0 aliphatic rings. The number of nitrogens with zero attached hydrogens (tertiary/aromatic N) is 2. The van der Waals surface area contributed by atoms with Crippen LogP contribution in [0.5, 0.6) is 0 Å². The summed E-state index contributed by atoms with van der Waals surface area (Å²) in [5.41, 5.74) is 6.80. The van der Waals surface area contributed by atoms with Crippen LogP contribution >= 0.6 is 0 Å². The molecule has 0 aliphatic heterocycles. The van der Waals surface area contributed by atoms with Crippen molar-refractivity contribution in [3.05, 3.63) is 17.7 Å². The van der Waals surface area contributed by atoms with E-state index in [0.717, 1.165) is 24.4 Å². The predicted octanol–water partition coefficient (Wildman–Crippen LogP) is 0.744. The summed E-state index contributed by atoms with van der Waals surface area (Å²) in [5, 5.41) is 3.21. The molecule has 96 valence electrons. The highest BCUT2D eigenvalue weighted by Gasteiger charge is 2.31. The first-order valence-corrected chi connectivity index (χ1v) is 5.94. The Morgan fingerprint density at radius 3 is 2.65 bits per heavy atom. The van der Waals surface area contributed by atoms with Crippen LogP contribution in [0.25, 0.3) is 0 Å². The van der Waals surface area contributed by atoms with Gasteiger partial charge in [-0.3, -0.25) is 4.79 Å². The molecule has 1 amide bonds. The highest BCUT2D eigenvalue weighted by molar-refractivity contribution is 5.84. The lowest BCUT2D eigenvalue weighted by molar-refractivity contribution is -0.124. The SMILES string of the molecule is CCCNC(C)(Cn1cnc(C)c1C)C(N)=O. The van der Waals surface area contributed by atoms with Crippen LogP contribution < -0.4 is 11.1 Å². The molecule has 0 spiro atoms. The fourth-order valence-electron chi connectivity index (χ4n) is 1.67. The Hall–Kier alpha value is -1.36. The number of aromatic nitrogens is 2. The molecule has 1 unspecified atom stereocenters. The Morgan fingerprint density at radius 2 is 2.24 bits per heavy atom. The second-order valence-electron chi connectivity index (χ2n) is 4.67. The van der Waals surface area contributed by atoms with Gasteiger partial charge in [0.25, 0.3) is 0 Å². The minimum atomic E-state index is -0.728. The zero-order chi connectivity index (χ0) is 13.1. The quantitative estimate of drug-likeness (QED) is 0.768. The molecule has 1 heterocycles. The molecule has 1 aromatic heterocycles. The van der Waals surface area contributed by atoms with Gasteiger partial charge in [0.15, 0.2) is 0 Å². The number of carbonyl (C=O) groups is 1. The van der Waals surface area contributed by atoms with Gasteiger partial charge in [0.2, 0.25) is 5.91 Å². The summed E-state index contributed by atoms with van der Waals surface area (Å²) in [6, 6.07) is 0. The van der Waals surface area contributed by atoms with E-state index in [9.17, 15) is 4.79 Å². The van der Waals surface area contributed by atoms with Crippen LogP contribution in [-0.2, 0) is 11.3 Å². The molecule has 0 fully saturated rings. The normalized spacial score (nSPS) is 14.6. The van der Waals surface area contributed by atoms with E-state index in [-0.39, 0.29) is 5.91 Å². The maximum absolute atomic E-state index is 11.6. The number of rotatable bonds is 6. The monoisotopic (exact) mass is 238 g/mol. The third kappa shape index (κ3) is 3.06. The van der Waals surface area contributed by atoms with Crippen LogP contribution in [0.15, 0.2) is 6.33 Å². The predicted molar refractivity (Wildman–Crippen MR) is 67.6 cm³/mol. The largest absolute Gasteiger partial charge is 0.368 e. The lowest BCUT2D eigenvalue weighted by Crippen LogP contribution is -2.56. The maximum atomic E-state index is 11.6. The number of aryl methyl sites for hydroxylation is 1. The molecule has 0 bridgehead atoms. The van der Waals surface area contributed by atoms with Crippen molar-refractivity contribution in [1.29, 1.82) is 0 Å². The van der Waals surface area contributed by atoms with Crippen LogP contribution in [0, 0.1) is 13.8 Å². The summed E-state index contributed by atoms with van der Waals surface area (Å²) in [4.78, 5) is 15.8. The average molecular weight is 238 g/mol. The van der Waals surface area contributed by atoms with E-state index < -0.39 is 5.54 Å². The van der Waals surface area contributed by atoms with Gasteiger partial charge in [-0.1, -0.05) is 6.92 Å². The smallest absolute Gasteiger partial charge is 0.239 e. The Balaban J connectivity index is 2.87. The van der Waals surface area contributed by atoms with E-state index in [1.54, 1.807) is 6.33 Å². The van der Waals surface area contributed by atoms with Gasteiger partial charge in [-0.2, -0.15) is 0 Å². The molecule has 17 heavy (non-hydrogen) atoms. The van der Waals surface area contributed by atoms with Crippen molar-refractivity contribution in [2.45, 2.75) is 46.2 Å². The summed E-state index contributed by atoms with van der Waals surface area (Å²) < 4.78 is 1.96. The number of primary amides is 1. The Kier molecular flexibility index (Phi) is 4.28. The molecule has 1 rings (SSSR count). The Bertz CT molecular complexity index is 399. The summed E-state index contributed by atoms with van der Waals surface area (Å²) in [6.07, 6.45) is 2.71. The third-order valence-corrected chi connectivity index (χ3v) is 3.14. The second kappa shape index (κ2) is 5.31. The van der Waals surface area contributed by atoms with Gasteiger partial charge >= 0.3 is 0 Å². The van der Waals surface area contributed by atoms with Gasteiger partial charge in [-0.15, -0.1) is 0 Å². The molecule has 1 atom stereocenters. The van der Waals surface area contributed by atoms with Crippen LogP contribution in [0.3, 0.4) is 0 Å². The van der Waals surface area contributed by atoms with Gasteiger partial charge in [-0.25, -0.2) is 4.98 Å². The Morgan fingerprint density at radius 1 is 1.59 bits per heavy atom. The van der Waals surface area contributed by atoms with Crippen molar-refractivity contribution in [3.8, 4) is 0 Å². The minimum Gasteiger partial charge on any atom is -0.368 e. The molecular weight excluding hydrogens is 216 g/mol. The van der Waals surface area contributed by atoms with Crippen molar-refractivity contribution < 1.29 is 4.79 Å². The zero-order valence-corrected chi connectivity index (χ0v) is 11.1. The van der Waals surface area contributed by atoms with Gasteiger partial charge < -0.3 is 15.6 Å². The molecule has 5 heteroatoms. The van der Waals surface area contributed by atoms with Crippen molar-refractivity contribution in [2.24, 2.45) is 5.73 Å². The van der Waals surface area contributed by atoms with Gasteiger partial charge in [0.05, 0.1) is 18.6 Å². The van der Waals surface area contributed by atoms with Crippen molar-refractivity contribution >= 4 is 5.91 Å². The molecule has 0 aliphatic carbocycles. The fraction of sp³-hybridized carbons (Fsp3) is 0.667. The molecule has 5 nitrogen and oxygen atoms in total. The second-order valence-corrected chi connectivity index (χ2v) is 4.67. The summed E-state index contributed by atoms with van der Waals surface area (Å²) in [7, 11) is 0. The number of amides is 1.